The van der Waals surface area contributed by atoms with Crippen LogP contribution in [0.4, 0.5) is 0 Å². The predicted octanol–water partition coefficient (Wildman–Crippen LogP) is 3.82. The summed E-state index contributed by atoms with van der Waals surface area (Å²) in [6.07, 6.45) is 4.02. The Hall–Kier alpha value is -2.90. The Morgan fingerprint density at radius 3 is 2.03 bits per heavy atom. The second-order valence-corrected chi connectivity index (χ2v) is 9.70. The maximum atomic E-state index is 12.7. The molecule has 2 aromatic rings. The lowest BCUT2D eigenvalue weighted by Gasteiger charge is -2.39. The van der Waals surface area contributed by atoms with Crippen molar-refractivity contribution in [1.82, 2.24) is 0 Å². The van der Waals surface area contributed by atoms with Gasteiger partial charge in [0, 0.05) is 22.8 Å². The average molecular weight is 447 g/mol. The van der Waals surface area contributed by atoms with Gasteiger partial charge in [0.2, 0.25) is 0 Å². The molecule has 2 N–H and O–H groups in total. The summed E-state index contributed by atoms with van der Waals surface area (Å²) in [6.45, 7) is 1.63. The molecule has 30 heavy (non-hydrogen) atoms. The topological polar surface area (TPSA) is 109 Å². The van der Waals surface area contributed by atoms with Gasteiger partial charge in [0.05, 0.1) is 4.90 Å². The van der Waals surface area contributed by atoms with E-state index in [1.165, 1.54) is 36.4 Å². The van der Waals surface area contributed by atoms with E-state index in [-0.39, 0.29) is 16.0 Å². The summed E-state index contributed by atoms with van der Waals surface area (Å²) in [5, 5.41) is 20.7. The number of hydrogen-bond donors (Lipinski definition) is 2. The van der Waals surface area contributed by atoms with Crippen LogP contribution in [-0.2, 0) is 24.8 Å². The number of carboxylic acid groups (broad SMARTS) is 2. The number of allylic oxidation sites excluding steroid dienone is 2. The Labute approximate surface area is 179 Å². The first-order chi connectivity index (χ1) is 14.0. The van der Waals surface area contributed by atoms with Crippen LogP contribution in [0.2, 0.25) is 5.02 Å². The molecule has 2 unspecified atom stereocenters. The number of rotatable bonds is 5. The third kappa shape index (κ3) is 3.78. The van der Waals surface area contributed by atoms with Gasteiger partial charge in [-0.25, -0.2) is 13.2 Å². The zero-order valence-electron chi connectivity index (χ0n) is 16.2. The van der Waals surface area contributed by atoms with Crippen molar-refractivity contribution in [2.24, 2.45) is 0 Å². The fourth-order valence-electron chi connectivity index (χ4n) is 3.88. The largest absolute Gasteiger partial charge is 0.480 e. The number of carboxylic acids is 2. The maximum Gasteiger partial charge on any atom is 0.332 e. The van der Waals surface area contributed by atoms with Crippen LogP contribution in [0.5, 0.6) is 0 Å². The highest BCUT2D eigenvalue weighted by molar-refractivity contribution is 7.90. The average Bonchev–Trinajstić information content (AvgIpc) is 2.67. The van der Waals surface area contributed by atoms with Crippen molar-refractivity contribution < 1.29 is 28.2 Å². The molecule has 8 heteroatoms. The molecule has 0 bridgehead atoms. The molecule has 2 atom stereocenters. The summed E-state index contributed by atoms with van der Waals surface area (Å²) in [4.78, 5) is 24.8. The first-order valence-electron chi connectivity index (χ1n) is 8.90. The molecular weight excluding hydrogens is 428 g/mol. The molecule has 156 valence electrons. The highest BCUT2D eigenvalue weighted by atomic mass is 35.5. The lowest BCUT2D eigenvalue weighted by Crippen LogP contribution is -2.44. The summed E-state index contributed by atoms with van der Waals surface area (Å²) >= 11 is 5.97. The van der Waals surface area contributed by atoms with Crippen molar-refractivity contribution in [2.75, 3.05) is 6.26 Å². The van der Waals surface area contributed by atoms with Gasteiger partial charge in [-0.3, -0.25) is 4.79 Å². The zero-order valence-corrected chi connectivity index (χ0v) is 17.7. The molecule has 6 nitrogen and oxygen atoms in total. The van der Waals surface area contributed by atoms with Crippen LogP contribution in [0.25, 0.3) is 0 Å². The van der Waals surface area contributed by atoms with Gasteiger partial charge in [-0.05, 0) is 48.4 Å². The van der Waals surface area contributed by atoms with E-state index in [2.05, 4.69) is 0 Å². The van der Waals surface area contributed by atoms with Gasteiger partial charge in [-0.15, -0.1) is 0 Å². The lowest BCUT2D eigenvalue weighted by atomic mass is 9.61. The third-order valence-corrected chi connectivity index (χ3v) is 6.55. The third-order valence-electron chi connectivity index (χ3n) is 5.17. The molecule has 0 saturated heterocycles. The van der Waals surface area contributed by atoms with Crippen LogP contribution in [0.1, 0.15) is 24.0 Å². The number of aliphatic carboxylic acids is 2. The standard InChI is InChI=1S/C22H19ClO6S/c1-13-11-18(20(24)25)19(14-3-7-16(23)8-4-14)22(12-13,21(26)27)15-5-9-17(10-6-15)30(2,28)29/h3-12,19H,1-2H3,(H,24,25)(H,26,27). The van der Waals surface area contributed by atoms with Crippen LogP contribution in [0.15, 0.2) is 76.7 Å². The predicted molar refractivity (Wildman–Crippen MR) is 113 cm³/mol. The Morgan fingerprint density at radius 1 is 1.00 bits per heavy atom. The van der Waals surface area contributed by atoms with E-state index in [0.717, 1.165) is 6.26 Å². The van der Waals surface area contributed by atoms with E-state index < -0.39 is 33.1 Å². The molecule has 0 spiro atoms. The molecule has 0 aliphatic heterocycles. The molecule has 1 aliphatic rings. The Bertz CT molecular complexity index is 1180. The smallest absolute Gasteiger partial charge is 0.332 e. The van der Waals surface area contributed by atoms with E-state index in [1.807, 2.05) is 0 Å². The van der Waals surface area contributed by atoms with Crippen LogP contribution in [0, 0.1) is 0 Å². The summed E-state index contributed by atoms with van der Waals surface area (Å²) in [5.41, 5.74) is -0.616. The van der Waals surface area contributed by atoms with Gasteiger partial charge in [0.25, 0.3) is 0 Å². The van der Waals surface area contributed by atoms with Crippen molar-refractivity contribution in [3.05, 3.63) is 88.0 Å². The van der Waals surface area contributed by atoms with Gasteiger partial charge in [0.15, 0.2) is 9.84 Å². The van der Waals surface area contributed by atoms with Crippen molar-refractivity contribution in [1.29, 1.82) is 0 Å². The molecule has 0 fully saturated rings. The Morgan fingerprint density at radius 2 is 1.57 bits per heavy atom. The van der Waals surface area contributed by atoms with Gasteiger partial charge in [-0.2, -0.15) is 0 Å². The zero-order chi connectivity index (χ0) is 22.3. The molecule has 1 aliphatic carbocycles. The molecule has 0 heterocycles. The van der Waals surface area contributed by atoms with Crippen LogP contribution >= 0.6 is 11.6 Å². The summed E-state index contributed by atoms with van der Waals surface area (Å²) in [5.74, 6) is -3.54. The highest BCUT2D eigenvalue weighted by Gasteiger charge is 2.51. The Balaban J connectivity index is 2.33. The maximum absolute atomic E-state index is 12.7. The lowest BCUT2D eigenvalue weighted by molar-refractivity contribution is -0.142. The monoisotopic (exact) mass is 446 g/mol. The van der Waals surface area contributed by atoms with E-state index >= 15 is 0 Å². The Kier molecular flexibility index (Phi) is 5.62. The minimum Gasteiger partial charge on any atom is -0.480 e. The van der Waals surface area contributed by atoms with E-state index in [4.69, 9.17) is 11.6 Å². The van der Waals surface area contributed by atoms with Crippen LogP contribution in [-0.4, -0.2) is 36.8 Å². The molecule has 3 rings (SSSR count). The highest BCUT2D eigenvalue weighted by Crippen LogP contribution is 2.49. The number of halogens is 1. The molecular formula is C22H19ClO6S. The van der Waals surface area contributed by atoms with E-state index in [1.54, 1.807) is 31.2 Å². The number of hydrogen-bond acceptors (Lipinski definition) is 4. The second-order valence-electron chi connectivity index (χ2n) is 7.25. The fraction of sp³-hybridized carbons (Fsp3) is 0.182. The van der Waals surface area contributed by atoms with Gasteiger partial charge in [0.1, 0.15) is 5.41 Å². The first kappa shape index (κ1) is 21.8. The quantitative estimate of drug-likeness (QED) is 0.722. The van der Waals surface area contributed by atoms with Gasteiger partial charge >= 0.3 is 11.9 Å². The van der Waals surface area contributed by atoms with Gasteiger partial charge in [-0.1, -0.05) is 47.5 Å². The normalized spacial score (nSPS) is 21.5. The summed E-state index contributed by atoms with van der Waals surface area (Å²) in [7, 11) is -3.48. The minimum atomic E-state index is -3.48. The summed E-state index contributed by atoms with van der Waals surface area (Å²) in [6, 6.07) is 11.8. The SMILES string of the molecule is CC1=CC(C(=O)O)(c2ccc(S(C)(=O)=O)cc2)C(c2ccc(Cl)cc2)C(C(=O)O)=C1. The second kappa shape index (κ2) is 7.74. The molecule has 2 aromatic carbocycles. The number of sulfone groups is 1. The fourth-order valence-corrected chi connectivity index (χ4v) is 4.63. The first-order valence-corrected chi connectivity index (χ1v) is 11.2. The van der Waals surface area contributed by atoms with Crippen LogP contribution < -0.4 is 0 Å². The minimum absolute atomic E-state index is 0.0420. The van der Waals surface area contributed by atoms with Crippen molar-refractivity contribution in [3.8, 4) is 0 Å². The van der Waals surface area contributed by atoms with Crippen molar-refractivity contribution >= 4 is 33.4 Å². The van der Waals surface area contributed by atoms with Gasteiger partial charge < -0.3 is 10.2 Å². The van der Waals surface area contributed by atoms with Crippen molar-refractivity contribution in [3.63, 3.8) is 0 Å². The number of carbonyl (C=O) groups is 2. The van der Waals surface area contributed by atoms with Crippen LogP contribution in [0.3, 0.4) is 0 Å². The van der Waals surface area contributed by atoms with Crippen molar-refractivity contribution in [2.45, 2.75) is 23.2 Å². The molecule has 0 aromatic heterocycles. The molecule has 0 saturated carbocycles. The van der Waals surface area contributed by atoms with E-state index in [9.17, 15) is 28.2 Å². The molecule has 0 radical (unpaired) electrons. The number of benzene rings is 2. The van der Waals surface area contributed by atoms with E-state index in [0.29, 0.717) is 16.2 Å². The summed E-state index contributed by atoms with van der Waals surface area (Å²) < 4.78 is 23.6. The molecule has 0 amide bonds.